The zero-order chi connectivity index (χ0) is 36.6. The summed E-state index contributed by atoms with van der Waals surface area (Å²) >= 11 is 0. The number of hydrogen-bond acceptors (Lipinski definition) is 17. The maximum atomic E-state index is 9.84. The second kappa shape index (κ2) is 20.1. The van der Waals surface area contributed by atoms with Gasteiger partial charge in [-0.3, -0.25) is 0 Å². The van der Waals surface area contributed by atoms with Crippen LogP contribution in [0.25, 0.3) is 0 Å². The molecule has 306 valence electrons. The van der Waals surface area contributed by atoms with Gasteiger partial charge in [0.25, 0.3) is 0 Å². The molecule has 4 N–H and O–H groups in total. The molecule has 0 radical (unpaired) electrons. The highest BCUT2D eigenvalue weighted by Crippen LogP contribution is 2.33. The molecule has 0 aromatic rings. The molecule has 0 aromatic heterocycles. The van der Waals surface area contributed by atoms with Gasteiger partial charge in [-0.25, -0.2) is 0 Å². The fourth-order valence-corrected chi connectivity index (χ4v) is 7.88. The molecule has 17 nitrogen and oxygen atoms in total. The van der Waals surface area contributed by atoms with Crippen LogP contribution in [0.2, 0.25) is 0 Å². The van der Waals surface area contributed by atoms with E-state index < -0.39 is 62.3 Å². The molecule has 0 amide bonds. The number of aliphatic hydroxyl groups excluding tert-OH is 4. The maximum Gasteiger partial charge on any atom is 0.184 e. The van der Waals surface area contributed by atoms with Crippen LogP contribution in [-0.4, -0.2) is 166 Å². The first-order chi connectivity index (χ1) is 25.9. The standard InChI is InChI=1S/C36H60O17/c37-13-21-1-7-32(42-15-21)51-27-12-35(45-20-29(27)53-33-8-2-22(39)16-43-33)48-24-5-9-31(44-18-24)49-26-11-28(52-34-10-4-23(14-38)47-34)36(46-19-26)50-25-3-6-30(40)41-17-25/h21-40H,1-20H2/t21?,22?,23?,24?,25?,26-,27?,28?,29?,30?,31?,32?,33?,34?,35?,36?/m1/s1. The van der Waals surface area contributed by atoms with Crippen LogP contribution in [0.15, 0.2) is 0 Å². The van der Waals surface area contributed by atoms with E-state index in [1.807, 2.05) is 0 Å². The fourth-order valence-electron chi connectivity index (χ4n) is 7.88. The Morgan fingerprint density at radius 3 is 1.77 bits per heavy atom. The Morgan fingerprint density at radius 1 is 0.434 bits per heavy atom. The van der Waals surface area contributed by atoms with Crippen molar-refractivity contribution in [3.05, 3.63) is 0 Å². The molecule has 7 aliphatic rings. The van der Waals surface area contributed by atoms with E-state index in [0.717, 1.165) is 6.42 Å². The van der Waals surface area contributed by atoms with Crippen molar-refractivity contribution in [1.82, 2.24) is 0 Å². The summed E-state index contributed by atoms with van der Waals surface area (Å²) in [6.45, 7) is 1.86. The third kappa shape index (κ3) is 11.9. The average molecular weight is 765 g/mol. The molecule has 0 aliphatic carbocycles. The van der Waals surface area contributed by atoms with Gasteiger partial charge in [-0.15, -0.1) is 0 Å². The third-order valence-electron chi connectivity index (χ3n) is 11.0. The SMILES string of the molecule is OCC1CCC(OC2CC(OC3CCC(O[C@H]4COC(OC5CCC(O)OC5)C(OC5CCC(CO)O5)C4)OC3)OCC2OC2CCC(O)CO2)OC1. The van der Waals surface area contributed by atoms with E-state index in [1.54, 1.807) is 0 Å². The molecule has 53 heavy (non-hydrogen) atoms. The summed E-state index contributed by atoms with van der Waals surface area (Å²) in [5.41, 5.74) is 0. The third-order valence-corrected chi connectivity index (χ3v) is 11.0. The van der Waals surface area contributed by atoms with Crippen LogP contribution >= 0.6 is 0 Å². The molecule has 17 heteroatoms. The molecule has 16 atom stereocenters. The van der Waals surface area contributed by atoms with Gasteiger partial charge >= 0.3 is 0 Å². The van der Waals surface area contributed by atoms with Gasteiger partial charge in [-0.1, -0.05) is 0 Å². The zero-order valence-corrected chi connectivity index (χ0v) is 30.5. The van der Waals surface area contributed by atoms with Crippen LogP contribution in [0.4, 0.5) is 0 Å². The van der Waals surface area contributed by atoms with Crippen molar-refractivity contribution < 1.29 is 82.0 Å². The summed E-state index contributed by atoms with van der Waals surface area (Å²) in [5, 5.41) is 38.6. The van der Waals surface area contributed by atoms with Crippen molar-refractivity contribution in [1.29, 1.82) is 0 Å². The maximum absolute atomic E-state index is 9.84. The Balaban J connectivity index is 0.870. The quantitative estimate of drug-likeness (QED) is 0.193. The van der Waals surface area contributed by atoms with E-state index in [2.05, 4.69) is 0 Å². The van der Waals surface area contributed by atoms with Crippen LogP contribution in [-0.2, 0) is 61.6 Å². The molecule has 7 heterocycles. The van der Waals surface area contributed by atoms with Crippen LogP contribution < -0.4 is 0 Å². The molecule has 7 aliphatic heterocycles. The zero-order valence-electron chi connectivity index (χ0n) is 30.5. The van der Waals surface area contributed by atoms with Crippen molar-refractivity contribution in [2.75, 3.05) is 52.9 Å². The van der Waals surface area contributed by atoms with Crippen molar-refractivity contribution in [2.45, 2.75) is 170 Å². The van der Waals surface area contributed by atoms with E-state index >= 15 is 0 Å². The second-order valence-corrected chi connectivity index (χ2v) is 15.3. The lowest BCUT2D eigenvalue weighted by Gasteiger charge is -2.42. The summed E-state index contributed by atoms with van der Waals surface area (Å²) in [5.74, 6) is 0.116. The lowest BCUT2D eigenvalue weighted by atomic mass is 10.0. The Morgan fingerprint density at radius 2 is 1.08 bits per heavy atom. The van der Waals surface area contributed by atoms with E-state index in [0.29, 0.717) is 90.4 Å². The van der Waals surface area contributed by atoms with E-state index in [9.17, 15) is 20.4 Å². The van der Waals surface area contributed by atoms with Crippen LogP contribution in [0, 0.1) is 5.92 Å². The summed E-state index contributed by atoms with van der Waals surface area (Å²) in [7, 11) is 0. The second-order valence-electron chi connectivity index (χ2n) is 15.3. The smallest absolute Gasteiger partial charge is 0.184 e. The summed E-state index contributed by atoms with van der Waals surface area (Å²) in [6, 6.07) is 0. The summed E-state index contributed by atoms with van der Waals surface area (Å²) in [4.78, 5) is 0. The van der Waals surface area contributed by atoms with E-state index in [1.165, 1.54) is 0 Å². The molecule has 0 spiro atoms. The Hall–Kier alpha value is -0.680. The Labute approximate surface area is 310 Å². The molecule has 7 rings (SSSR count). The first-order valence-electron chi connectivity index (χ1n) is 19.7. The van der Waals surface area contributed by atoms with Gasteiger partial charge in [0.15, 0.2) is 44.0 Å². The number of ether oxygens (including phenoxy) is 13. The normalized spacial score (nSPS) is 46.0. The molecular formula is C36H60O17. The average Bonchev–Trinajstić information content (AvgIpc) is 3.64. The fraction of sp³-hybridized carbons (Fsp3) is 1.00. The van der Waals surface area contributed by atoms with Crippen LogP contribution in [0.5, 0.6) is 0 Å². The highest BCUT2D eigenvalue weighted by atomic mass is 16.8. The molecular weight excluding hydrogens is 704 g/mol. The summed E-state index contributed by atoms with van der Waals surface area (Å²) < 4.78 is 79.3. The van der Waals surface area contributed by atoms with Crippen molar-refractivity contribution in [2.24, 2.45) is 5.92 Å². The van der Waals surface area contributed by atoms with Crippen LogP contribution in [0.1, 0.15) is 77.0 Å². The van der Waals surface area contributed by atoms with Gasteiger partial charge in [0, 0.05) is 51.0 Å². The minimum atomic E-state index is -0.773. The topological polar surface area (TPSA) is 201 Å². The molecule has 7 saturated heterocycles. The van der Waals surface area contributed by atoms with Crippen molar-refractivity contribution >= 4 is 0 Å². The lowest BCUT2D eigenvalue weighted by molar-refractivity contribution is -0.325. The summed E-state index contributed by atoms with van der Waals surface area (Å²) in [6.07, 6.45) is 1.02. The predicted octanol–water partition coefficient (Wildman–Crippen LogP) is 0.796. The van der Waals surface area contributed by atoms with Crippen molar-refractivity contribution in [3.63, 3.8) is 0 Å². The van der Waals surface area contributed by atoms with Gasteiger partial charge in [0.05, 0.1) is 82.9 Å². The molecule has 0 bridgehead atoms. The number of rotatable bonds is 14. The lowest BCUT2D eigenvalue weighted by Crippen LogP contribution is -2.51. The molecule has 0 aromatic carbocycles. The van der Waals surface area contributed by atoms with Crippen LogP contribution in [0.3, 0.4) is 0 Å². The van der Waals surface area contributed by atoms with Gasteiger partial charge in [0.2, 0.25) is 0 Å². The molecule has 15 unspecified atom stereocenters. The predicted molar refractivity (Wildman–Crippen MR) is 178 cm³/mol. The molecule has 0 saturated carbocycles. The monoisotopic (exact) mass is 764 g/mol. The van der Waals surface area contributed by atoms with E-state index in [4.69, 9.17) is 61.6 Å². The van der Waals surface area contributed by atoms with Gasteiger partial charge in [-0.05, 0) is 38.5 Å². The largest absolute Gasteiger partial charge is 0.396 e. The number of aliphatic hydroxyl groups is 4. The van der Waals surface area contributed by atoms with Gasteiger partial charge in [-0.2, -0.15) is 0 Å². The van der Waals surface area contributed by atoms with Crippen molar-refractivity contribution in [3.8, 4) is 0 Å². The highest BCUT2D eigenvalue weighted by molar-refractivity contribution is 4.83. The first kappa shape index (κ1) is 40.5. The first-order valence-corrected chi connectivity index (χ1v) is 19.7. The van der Waals surface area contributed by atoms with Gasteiger partial charge < -0.3 is 82.0 Å². The number of hydrogen-bond donors (Lipinski definition) is 4. The van der Waals surface area contributed by atoms with E-state index in [-0.39, 0.29) is 69.5 Å². The highest BCUT2D eigenvalue weighted by Gasteiger charge is 2.42. The Kier molecular flexibility index (Phi) is 15.4. The molecule has 7 fully saturated rings. The minimum absolute atomic E-state index is 0.0570. The minimum Gasteiger partial charge on any atom is -0.396 e. The Bertz CT molecular complexity index is 1040. The van der Waals surface area contributed by atoms with Gasteiger partial charge in [0.1, 0.15) is 12.2 Å².